The minimum atomic E-state index is 0.312. The number of epoxide rings is 1. The van der Waals surface area contributed by atoms with Gasteiger partial charge in [-0.15, -0.1) is 0 Å². The van der Waals surface area contributed by atoms with Crippen molar-refractivity contribution in [3.63, 3.8) is 0 Å². The fourth-order valence-electron chi connectivity index (χ4n) is 6.05. The Kier molecular flexibility index (Phi) is 5.02. The highest BCUT2D eigenvalue weighted by atomic mass is 16.6. The minimum absolute atomic E-state index is 0.312. The van der Waals surface area contributed by atoms with E-state index < -0.39 is 0 Å². The first-order valence-corrected chi connectivity index (χ1v) is 11.3. The Morgan fingerprint density at radius 2 is 1.42 bits per heavy atom. The van der Waals surface area contributed by atoms with Crippen LogP contribution in [0.15, 0.2) is 0 Å². The van der Waals surface area contributed by atoms with Gasteiger partial charge in [0.25, 0.3) is 0 Å². The molecular formula is C23H40O. The molecule has 1 heteroatoms. The average Bonchev–Trinajstić information content (AvgIpc) is 3.42. The monoisotopic (exact) mass is 332 g/mol. The van der Waals surface area contributed by atoms with Crippen LogP contribution in [0.5, 0.6) is 0 Å². The maximum atomic E-state index is 5.83. The van der Waals surface area contributed by atoms with E-state index in [1.807, 2.05) is 0 Å². The lowest BCUT2D eigenvalue weighted by molar-refractivity contribution is 0.261. The molecular weight excluding hydrogens is 292 g/mol. The van der Waals surface area contributed by atoms with Crippen molar-refractivity contribution in [3.8, 4) is 0 Å². The van der Waals surface area contributed by atoms with Crippen LogP contribution in [-0.4, -0.2) is 11.7 Å². The first kappa shape index (κ1) is 17.4. The molecule has 4 aliphatic rings. The first-order valence-electron chi connectivity index (χ1n) is 11.3. The second-order valence-electron chi connectivity index (χ2n) is 10.5. The minimum Gasteiger partial charge on any atom is -0.366 e. The molecule has 0 aromatic rings. The van der Waals surface area contributed by atoms with Crippen LogP contribution in [0.2, 0.25) is 0 Å². The lowest BCUT2D eigenvalue weighted by atomic mass is 9.80. The molecule has 3 aliphatic carbocycles. The van der Waals surface area contributed by atoms with Gasteiger partial charge in [-0.2, -0.15) is 0 Å². The van der Waals surface area contributed by atoms with Crippen molar-refractivity contribution in [1.82, 2.24) is 0 Å². The summed E-state index contributed by atoms with van der Waals surface area (Å²) in [6.45, 7) is 4.84. The molecule has 1 heterocycles. The molecule has 1 saturated heterocycles. The second kappa shape index (κ2) is 6.93. The van der Waals surface area contributed by atoms with E-state index in [0.717, 1.165) is 23.2 Å². The molecule has 6 unspecified atom stereocenters. The summed E-state index contributed by atoms with van der Waals surface area (Å²) in [6, 6.07) is 0. The second-order valence-corrected chi connectivity index (χ2v) is 10.5. The van der Waals surface area contributed by atoms with Crippen molar-refractivity contribution in [2.24, 2.45) is 23.2 Å². The van der Waals surface area contributed by atoms with E-state index in [-0.39, 0.29) is 0 Å². The van der Waals surface area contributed by atoms with Gasteiger partial charge >= 0.3 is 0 Å². The van der Waals surface area contributed by atoms with Crippen LogP contribution >= 0.6 is 0 Å². The van der Waals surface area contributed by atoms with E-state index in [0.29, 0.717) is 11.7 Å². The zero-order valence-electron chi connectivity index (χ0n) is 16.3. The molecule has 0 radical (unpaired) electrons. The zero-order valence-corrected chi connectivity index (χ0v) is 16.3. The van der Waals surface area contributed by atoms with Crippen molar-refractivity contribution >= 4 is 0 Å². The summed E-state index contributed by atoms with van der Waals surface area (Å²) in [5.41, 5.74) is 1.12. The summed E-state index contributed by atoms with van der Waals surface area (Å²) in [7, 11) is 0. The van der Waals surface area contributed by atoms with Gasteiger partial charge in [0, 0.05) is 0 Å². The van der Waals surface area contributed by atoms with Crippen LogP contribution in [0.4, 0.5) is 0 Å². The Morgan fingerprint density at radius 3 is 2.08 bits per heavy atom. The number of hydrogen-bond acceptors (Lipinski definition) is 1. The van der Waals surface area contributed by atoms with Gasteiger partial charge in [0.05, 0.1) is 11.7 Å². The summed E-state index contributed by atoms with van der Waals surface area (Å²) in [5.74, 6) is 3.19. The molecule has 0 aromatic carbocycles. The van der Waals surface area contributed by atoms with Crippen molar-refractivity contribution in [2.75, 3.05) is 0 Å². The molecule has 4 rings (SSSR count). The van der Waals surface area contributed by atoms with Crippen molar-refractivity contribution in [2.45, 2.75) is 122 Å². The fraction of sp³-hybridized carbons (Fsp3) is 1.00. The predicted molar refractivity (Wildman–Crippen MR) is 101 cm³/mol. The summed E-state index contributed by atoms with van der Waals surface area (Å²) in [6.07, 6.45) is 22.9. The molecule has 4 fully saturated rings. The Bertz CT molecular complexity index is 392. The zero-order chi connectivity index (χ0) is 16.6. The largest absolute Gasteiger partial charge is 0.366 e. The lowest BCUT2D eigenvalue weighted by Crippen LogP contribution is -2.21. The Hall–Kier alpha value is -0.0400. The maximum Gasteiger partial charge on any atom is 0.0920 e. The highest BCUT2D eigenvalue weighted by molar-refractivity contribution is 5.03. The number of fused-ring (bicyclic) bond motifs is 2. The standard InChI is InChI=1S/C23H40O/c1-22-13-11-18(15-20(22)17-22)9-7-5-3-4-6-8-10-19-12-14-23(2)21(16-19)24-23/h18-21H,3-17H2,1-2H3. The van der Waals surface area contributed by atoms with Crippen molar-refractivity contribution in [3.05, 3.63) is 0 Å². The number of hydrogen-bond donors (Lipinski definition) is 0. The molecule has 0 amide bonds. The van der Waals surface area contributed by atoms with Crippen LogP contribution in [0.1, 0.15) is 110 Å². The Labute approximate surface area is 150 Å². The van der Waals surface area contributed by atoms with Gasteiger partial charge in [-0.3, -0.25) is 0 Å². The molecule has 1 nitrogen and oxygen atoms in total. The number of ether oxygens (including phenoxy) is 1. The smallest absolute Gasteiger partial charge is 0.0920 e. The fourth-order valence-corrected chi connectivity index (χ4v) is 6.05. The Balaban J connectivity index is 0.964. The van der Waals surface area contributed by atoms with Crippen molar-refractivity contribution in [1.29, 1.82) is 0 Å². The molecule has 24 heavy (non-hydrogen) atoms. The predicted octanol–water partition coefficient (Wildman–Crippen LogP) is 6.89. The molecule has 0 aromatic heterocycles. The number of rotatable bonds is 9. The molecule has 0 N–H and O–H groups in total. The van der Waals surface area contributed by atoms with Gasteiger partial charge in [-0.05, 0) is 75.0 Å². The van der Waals surface area contributed by atoms with Crippen LogP contribution in [-0.2, 0) is 4.74 Å². The van der Waals surface area contributed by atoms with E-state index >= 15 is 0 Å². The normalized spacial score (nSPS) is 46.2. The molecule has 6 atom stereocenters. The quantitative estimate of drug-likeness (QED) is 0.331. The molecule has 3 saturated carbocycles. The van der Waals surface area contributed by atoms with Gasteiger partial charge in [0.1, 0.15) is 0 Å². The summed E-state index contributed by atoms with van der Waals surface area (Å²) >= 11 is 0. The van der Waals surface area contributed by atoms with E-state index in [9.17, 15) is 0 Å². The van der Waals surface area contributed by atoms with Crippen molar-refractivity contribution < 1.29 is 4.74 Å². The number of unbranched alkanes of at least 4 members (excludes halogenated alkanes) is 5. The third-order valence-corrected chi connectivity index (χ3v) is 8.39. The topological polar surface area (TPSA) is 12.5 Å². The molecule has 0 bridgehead atoms. The van der Waals surface area contributed by atoms with Gasteiger partial charge in [-0.25, -0.2) is 0 Å². The van der Waals surface area contributed by atoms with E-state index in [2.05, 4.69) is 13.8 Å². The summed E-state index contributed by atoms with van der Waals surface area (Å²) in [5, 5.41) is 0. The lowest BCUT2D eigenvalue weighted by Gasteiger charge is -2.25. The van der Waals surface area contributed by atoms with Gasteiger partial charge < -0.3 is 4.74 Å². The van der Waals surface area contributed by atoms with Gasteiger partial charge in [-0.1, -0.05) is 58.3 Å². The Morgan fingerprint density at radius 1 is 0.792 bits per heavy atom. The first-order chi connectivity index (χ1) is 11.6. The summed E-state index contributed by atoms with van der Waals surface area (Å²) < 4.78 is 5.83. The van der Waals surface area contributed by atoms with Crippen LogP contribution < -0.4 is 0 Å². The van der Waals surface area contributed by atoms with E-state index in [1.54, 1.807) is 12.8 Å². The SMILES string of the molecule is CC12CCC(CCCCCCCCC3CCC4(C)OC4C3)CC1C2. The van der Waals surface area contributed by atoms with Gasteiger partial charge in [0.15, 0.2) is 0 Å². The highest BCUT2D eigenvalue weighted by Crippen LogP contribution is 2.62. The third-order valence-electron chi connectivity index (χ3n) is 8.39. The highest BCUT2D eigenvalue weighted by Gasteiger charge is 2.55. The average molecular weight is 333 g/mol. The molecule has 1 aliphatic heterocycles. The van der Waals surface area contributed by atoms with Crippen LogP contribution in [0.25, 0.3) is 0 Å². The van der Waals surface area contributed by atoms with Crippen LogP contribution in [0, 0.1) is 23.2 Å². The summed E-state index contributed by atoms with van der Waals surface area (Å²) in [4.78, 5) is 0. The van der Waals surface area contributed by atoms with Gasteiger partial charge in [0.2, 0.25) is 0 Å². The van der Waals surface area contributed by atoms with E-state index in [4.69, 9.17) is 4.74 Å². The van der Waals surface area contributed by atoms with E-state index in [1.165, 1.54) is 83.5 Å². The molecule has 138 valence electrons. The van der Waals surface area contributed by atoms with Crippen LogP contribution in [0.3, 0.4) is 0 Å². The third kappa shape index (κ3) is 4.02. The maximum absolute atomic E-state index is 5.83. The molecule has 0 spiro atoms.